The highest BCUT2D eigenvalue weighted by Gasteiger charge is 2.66. The first-order valence-electron chi connectivity index (χ1n) is 53.0. The molecule has 4 saturated heterocycles. The van der Waals surface area contributed by atoms with Crippen LogP contribution in [0.25, 0.3) is 0 Å². The molecule has 2 unspecified atom stereocenters. The number of esters is 6. The number of nitrogens with zero attached hydrogens (tertiary/aromatic N) is 6. The molecule has 0 aromatic heterocycles. The summed E-state index contributed by atoms with van der Waals surface area (Å²) in [7, 11) is 10.2. The quantitative estimate of drug-likeness (QED) is 0.0113. The first-order valence-corrected chi connectivity index (χ1v) is 55.1. The number of hydrogen-bond donors (Lipinski definition) is 3. The van der Waals surface area contributed by atoms with E-state index < -0.39 is 93.6 Å². The zero-order valence-electron chi connectivity index (χ0n) is 88.2. The fraction of sp³-hybridized carbons (Fsp3) is 0.609. The molecule has 34 heteroatoms. The van der Waals surface area contributed by atoms with Crippen molar-refractivity contribution in [2.24, 2.45) is 0 Å². The molecule has 6 aromatic carbocycles. The van der Waals surface area contributed by atoms with Crippen molar-refractivity contribution in [1.29, 1.82) is 10.5 Å². The summed E-state index contributed by atoms with van der Waals surface area (Å²) in [5.74, 6) is 2.42. The van der Waals surface area contributed by atoms with Crippen molar-refractivity contribution in [3.8, 4) is 92.6 Å². The maximum absolute atomic E-state index is 15.4. The molecular formula is C115H152N8O24S2. The number of benzene rings is 6. The Bertz CT molecular complexity index is 6090. The number of phenols is 1. The second-order valence-corrected chi connectivity index (χ2v) is 44.3. The minimum Gasteiger partial charge on any atom is -0.504 e. The number of unbranched alkanes of at least 4 members (excludes halogenated alkanes) is 16. The molecule has 0 aliphatic carbocycles. The second-order valence-electron chi connectivity index (χ2n) is 42.1. The van der Waals surface area contributed by atoms with Crippen molar-refractivity contribution < 1.29 is 114 Å². The summed E-state index contributed by atoms with van der Waals surface area (Å²) >= 11 is 3.00. The van der Waals surface area contributed by atoms with E-state index in [1.165, 1.54) is 37.7 Å². The Morgan fingerprint density at radius 3 is 1.19 bits per heavy atom. The van der Waals surface area contributed by atoms with Crippen LogP contribution in [0, 0.1) is 50.4 Å². The van der Waals surface area contributed by atoms with Crippen molar-refractivity contribution in [2.45, 2.75) is 358 Å². The van der Waals surface area contributed by atoms with Gasteiger partial charge in [-0.2, -0.15) is 10.5 Å². The van der Waals surface area contributed by atoms with Crippen molar-refractivity contribution >= 4 is 65.5 Å². The predicted molar refractivity (Wildman–Crippen MR) is 565 cm³/mol. The minimum absolute atomic E-state index is 0. The standard InChI is InChI=1S/C59H76N4O13S.C54H68N4O11S.2CH4/c1-11-13-15-17-19-21-43(64)74-51-34(4)52-53(72-32-71-52)46-40-30-70-56(66)59(37-28-41(68-9)42(27-35(37)23-24-61-59)73-57(67)76-58(5,6)7)31-77-55(47(46)51)49-48-45-36(26-38(62(48)8)39(29-60)63(40)49)25-33(3)50(69-10)54(45)75-44(65)22-20-18-16-14-12-2;1-8-10-12-14-16-18-40(60)68-48-31(4)49-50(67-29-66-49)43-37-27-65-53(62)54(34-25-39(63-6)38(59)24-32(34)20-21-56-54)28-70-52(44(43)48)46-45-42-33(23-35(57(45)5)36(26-55)58(37)46)22-30(3)47(64-7)51(42)69-41(61)19-17-15-13-11-9-2;;/h25,27-28,38-40,48-49,55,61H,11-24,26,30-32H2,1-10H3;22,24-25,35-37,45-46,52,56,59H,8-21,23,27-29H2,1-7H3;2*1H4/t38-,39-,40-,48+,49?,55+,59+;35-,36-,37-,45+,46?,52+,54+;;/m00../s1. The molecule has 808 valence electrons. The Kier molecular flexibility index (Phi) is 36.1. The number of phenolic OH excluding ortho intramolecular Hbond substituents is 1. The van der Waals surface area contributed by atoms with Gasteiger partial charge in [0.05, 0.1) is 75.2 Å². The molecule has 3 N–H and O–H groups in total. The number of nitrogens with one attached hydrogen (secondary N) is 2. The number of aromatic hydroxyl groups is 1. The van der Waals surface area contributed by atoms with Gasteiger partial charge in [0, 0.05) is 119 Å². The van der Waals surface area contributed by atoms with E-state index in [-0.39, 0.29) is 138 Å². The monoisotopic (exact) mass is 2090 g/mol. The number of hydrogen-bond acceptors (Lipinski definition) is 34. The third-order valence-electron chi connectivity index (χ3n) is 31.7. The molecule has 0 saturated carbocycles. The van der Waals surface area contributed by atoms with Crippen molar-refractivity contribution in [2.75, 3.05) is 93.9 Å². The molecule has 32 nitrogen and oxygen atoms in total. The van der Waals surface area contributed by atoms with Gasteiger partial charge < -0.3 is 80.9 Å². The number of rotatable bonds is 33. The van der Waals surface area contributed by atoms with E-state index in [1.54, 1.807) is 59.3 Å². The minimum atomic E-state index is -1.49. The molecule has 14 heterocycles. The third kappa shape index (κ3) is 21.4. The Hall–Kier alpha value is -10.9. The zero-order valence-corrected chi connectivity index (χ0v) is 89.8. The van der Waals surface area contributed by atoms with E-state index in [2.05, 4.69) is 82.2 Å². The fourth-order valence-corrected chi connectivity index (χ4v) is 28.2. The molecule has 0 radical (unpaired) electrons. The van der Waals surface area contributed by atoms with Gasteiger partial charge in [-0.25, -0.2) is 14.4 Å². The highest BCUT2D eigenvalue weighted by molar-refractivity contribution is 7.99. The molecule has 14 aliphatic heterocycles. The Morgan fingerprint density at radius 1 is 0.450 bits per heavy atom. The topological polar surface area (TPSA) is 372 Å². The number of carbonyl (C=O) groups excluding carboxylic acids is 7. The van der Waals surface area contributed by atoms with Gasteiger partial charge in [-0.15, -0.1) is 23.5 Å². The number of thioether (sulfide) groups is 2. The zero-order chi connectivity index (χ0) is 104. The largest absolute Gasteiger partial charge is 0.514 e. The number of aryl methyl sites for hydroxylation is 2. The van der Waals surface area contributed by atoms with Crippen LogP contribution >= 0.6 is 23.5 Å². The lowest BCUT2D eigenvalue weighted by atomic mass is 9.71. The average Bonchev–Trinajstić information content (AvgIpc) is 1.57. The Balaban J connectivity index is 0.000000221. The molecule has 0 amide bonds. The van der Waals surface area contributed by atoms with Crippen LogP contribution in [0.15, 0.2) is 36.4 Å². The number of carbonyl (C=O) groups is 7. The number of likely N-dealkylation sites (N-methyl/N-ethyl adjacent to an activating group) is 2. The number of nitriles is 2. The van der Waals surface area contributed by atoms with E-state index in [9.17, 15) is 39.6 Å². The highest BCUT2D eigenvalue weighted by atomic mass is 32.2. The summed E-state index contributed by atoms with van der Waals surface area (Å²) in [6, 6.07) is 10.4. The molecule has 6 aromatic rings. The summed E-state index contributed by atoms with van der Waals surface area (Å²) in [5, 5.41) is 39.9. The van der Waals surface area contributed by atoms with E-state index in [1.807, 2.05) is 41.8 Å². The van der Waals surface area contributed by atoms with Crippen molar-refractivity contribution in [3.63, 3.8) is 0 Å². The van der Waals surface area contributed by atoms with E-state index in [0.29, 0.717) is 166 Å². The maximum atomic E-state index is 15.4. The van der Waals surface area contributed by atoms with Crippen LogP contribution < -0.4 is 72.2 Å². The first kappa shape index (κ1) is 112. The van der Waals surface area contributed by atoms with Crippen LogP contribution in [-0.4, -0.2) is 202 Å². The maximum Gasteiger partial charge on any atom is 0.514 e. The number of fused-ring (bicyclic) bond motifs is 18. The highest BCUT2D eigenvalue weighted by Crippen LogP contribution is 2.69. The van der Waals surface area contributed by atoms with Gasteiger partial charge in [0.2, 0.25) is 13.6 Å². The smallest absolute Gasteiger partial charge is 0.504 e. The number of methoxy groups -OCH3 is 4. The van der Waals surface area contributed by atoms with Crippen LogP contribution in [0.1, 0.15) is 341 Å². The predicted octanol–water partition coefficient (Wildman–Crippen LogP) is 20.7. The molecule has 14 atom stereocenters. The van der Waals surface area contributed by atoms with Gasteiger partial charge in [0.15, 0.2) is 80.1 Å². The van der Waals surface area contributed by atoms with Gasteiger partial charge in [0.25, 0.3) is 0 Å². The van der Waals surface area contributed by atoms with Gasteiger partial charge in [-0.3, -0.25) is 49.4 Å². The van der Waals surface area contributed by atoms with Crippen molar-refractivity contribution in [3.05, 3.63) is 125 Å². The average molecular weight is 2090 g/mol. The number of ether oxygens (including phenoxy) is 16. The van der Waals surface area contributed by atoms with Gasteiger partial charge in [0.1, 0.15) is 42.4 Å². The first-order chi connectivity index (χ1) is 70.9. The lowest BCUT2D eigenvalue weighted by molar-refractivity contribution is -0.158. The Labute approximate surface area is 885 Å². The van der Waals surface area contributed by atoms with Crippen molar-refractivity contribution in [1.82, 2.24) is 30.2 Å². The summed E-state index contributed by atoms with van der Waals surface area (Å²) in [5.41, 5.74) is 8.05. The second kappa shape index (κ2) is 47.9. The summed E-state index contributed by atoms with van der Waals surface area (Å²) in [4.78, 5) is 109. The van der Waals surface area contributed by atoms with E-state index in [0.717, 1.165) is 147 Å². The van der Waals surface area contributed by atoms with Crippen LogP contribution in [0.2, 0.25) is 0 Å². The van der Waals surface area contributed by atoms with Crippen LogP contribution in [0.5, 0.6) is 80.5 Å². The fourth-order valence-electron chi connectivity index (χ4n) is 24.8. The molecule has 8 bridgehead atoms. The summed E-state index contributed by atoms with van der Waals surface area (Å²) in [6.07, 6.45) is 21.2. The molecule has 14 aliphatic rings. The lowest BCUT2D eigenvalue weighted by Crippen LogP contribution is -2.69. The molecule has 2 spiro atoms. The van der Waals surface area contributed by atoms with E-state index >= 15 is 9.59 Å². The third-order valence-corrected chi connectivity index (χ3v) is 34.7. The normalized spacial score (nSPS) is 24.3. The van der Waals surface area contributed by atoms with Gasteiger partial charge >= 0.3 is 42.0 Å². The number of piperazine rings is 2. The Morgan fingerprint density at radius 2 is 0.819 bits per heavy atom. The molecule has 149 heavy (non-hydrogen) atoms. The lowest BCUT2D eigenvalue weighted by Gasteiger charge is -2.62. The molecule has 4 fully saturated rings. The molecule has 20 rings (SSSR count). The van der Waals surface area contributed by atoms with Gasteiger partial charge in [-0.1, -0.05) is 157 Å². The van der Waals surface area contributed by atoms with Crippen LogP contribution in [-0.2, 0) is 79.7 Å². The summed E-state index contributed by atoms with van der Waals surface area (Å²) < 4.78 is 100. The summed E-state index contributed by atoms with van der Waals surface area (Å²) in [6.45, 7) is 21.7. The molecular weight excluding hydrogens is 1940 g/mol. The van der Waals surface area contributed by atoms with Crippen LogP contribution in [0.4, 0.5) is 4.79 Å². The SMILES string of the molecule is C.C.CCCCCCCC(=O)Oc1c(C)c2c(c3c1[C@H]1SC[C@]4(NCCc5cc(O)c(OC)cc54)C(=O)OC[C@@H]3N3C1[C@H]1c4c(cc(C)c(OC)c4OC(=O)CCCCCCC)C[C@@H]([C@@H]3C#N)N1C)OCO2.CCCCCCCC(=O)Oc1c(C)c2c(c3c1[C@H]1SC[C@]4(NCCc5cc(OC(=O)OC(C)(C)C)c(OC)cc54)C(=O)OC[C@@H]3N3C1[C@H]1c4c(cc(C)c(OC)c4OC(=O)CCCCCCC)C[C@@H]([C@@H]3C#N)N1C)OCO2. The van der Waals surface area contributed by atoms with E-state index in [4.69, 9.17) is 75.8 Å². The van der Waals surface area contributed by atoms with Gasteiger partial charge in [-0.05, 0) is 183 Å². The van der Waals surface area contributed by atoms with Crippen LogP contribution in [0.3, 0.4) is 0 Å².